The first-order valence-electron chi connectivity index (χ1n) is 2.73. The zero-order valence-electron chi connectivity index (χ0n) is 5.45. The molecule has 1 aromatic rings. The van der Waals surface area contributed by atoms with Crippen LogP contribution in [-0.4, -0.2) is 16.2 Å². The number of carboxylic acid groups (broad SMARTS) is 1. The molecular weight excluding hydrogens is 191 g/mol. The Morgan fingerprint density at radius 3 is 2.18 bits per heavy atom. The normalized spacial score (nSPS) is 8.36. The maximum atomic E-state index is 10.3. The summed E-state index contributed by atoms with van der Waals surface area (Å²) in [5.41, 5.74) is -0.0671. The van der Waals surface area contributed by atoms with Gasteiger partial charge in [-0.05, 0) is 12.1 Å². The molecule has 3 nitrogen and oxygen atoms in total. The average molecular weight is 197 g/mol. The largest absolute Gasteiger partial charge is 0.507 e. The summed E-state index contributed by atoms with van der Waals surface area (Å²) in [5, 5.41) is 17.3. The molecular formula is C7H6CoO3. The Labute approximate surface area is 73.9 Å². The minimum atomic E-state index is -1.11. The molecule has 11 heavy (non-hydrogen) atoms. The van der Waals surface area contributed by atoms with Gasteiger partial charge in [0.15, 0.2) is 0 Å². The van der Waals surface area contributed by atoms with Crippen molar-refractivity contribution in [3.63, 3.8) is 0 Å². The quantitative estimate of drug-likeness (QED) is 0.708. The summed E-state index contributed by atoms with van der Waals surface area (Å²) in [5.74, 6) is -1.31. The predicted molar refractivity (Wildman–Crippen MR) is 35.1 cm³/mol. The van der Waals surface area contributed by atoms with E-state index in [4.69, 9.17) is 10.2 Å². The zero-order chi connectivity index (χ0) is 7.56. The second-order valence-electron chi connectivity index (χ2n) is 1.82. The maximum Gasteiger partial charge on any atom is 0.339 e. The molecule has 0 aliphatic rings. The predicted octanol–water partition coefficient (Wildman–Crippen LogP) is 1.09. The standard InChI is InChI=1S/C7H6O3.Co/c8-6-4-2-1-3-5(6)7(9)10;/h1-4,8H,(H,9,10);. The van der Waals surface area contributed by atoms with Gasteiger partial charge in [0.05, 0.1) is 0 Å². The van der Waals surface area contributed by atoms with Gasteiger partial charge in [0.1, 0.15) is 11.3 Å². The van der Waals surface area contributed by atoms with Crippen molar-refractivity contribution in [1.82, 2.24) is 0 Å². The van der Waals surface area contributed by atoms with Gasteiger partial charge in [0.25, 0.3) is 0 Å². The number of carboxylic acids is 1. The molecule has 0 fully saturated rings. The fourth-order valence-corrected chi connectivity index (χ4v) is 0.654. The average Bonchev–Trinajstić information content (AvgIpc) is 1.88. The number of para-hydroxylation sites is 1. The fourth-order valence-electron chi connectivity index (χ4n) is 0.654. The molecule has 0 aliphatic heterocycles. The Morgan fingerprint density at radius 2 is 1.82 bits per heavy atom. The van der Waals surface area contributed by atoms with E-state index in [9.17, 15) is 4.79 Å². The van der Waals surface area contributed by atoms with E-state index in [0.29, 0.717) is 0 Å². The van der Waals surface area contributed by atoms with Crippen LogP contribution in [0, 0.1) is 0 Å². The SMILES string of the molecule is O=C(O)c1ccccc1O.[Co]. The van der Waals surface area contributed by atoms with Crippen molar-refractivity contribution < 1.29 is 31.8 Å². The van der Waals surface area contributed by atoms with Gasteiger partial charge in [0.2, 0.25) is 0 Å². The van der Waals surface area contributed by atoms with Gasteiger partial charge in [0, 0.05) is 16.8 Å². The Morgan fingerprint density at radius 1 is 1.27 bits per heavy atom. The first-order chi connectivity index (χ1) is 4.72. The van der Waals surface area contributed by atoms with Crippen LogP contribution < -0.4 is 0 Å². The molecule has 1 rings (SSSR count). The summed E-state index contributed by atoms with van der Waals surface area (Å²) in [6, 6.07) is 5.81. The number of hydrogen-bond acceptors (Lipinski definition) is 2. The number of aromatic hydroxyl groups is 1. The van der Waals surface area contributed by atoms with E-state index in [2.05, 4.69) is 0 Å². The number of aromatic carboxylic acids is 1. The monoisotopic (exact) mass is 197 g/mol. The second-order valence-corrected chi connectivity index (χ2v) is 1.82. The molecule has 1 radical (unpaired) electrons. The molecule has 61 valence electrons. The van der Waals surface area contributed by atoms with Gasteiger partial charge in [-0.1, -0.05) is 12.1 Å². The summed E-state index contributed by atoms with van der Waals surface area (Å²) in [6.07, 6.45) is 0. The van der Waals surface area contributed by atoms with E-state index in [0.717, 1.165) is 0 Å². The smallest absolute Gasteiger partial charge is 0.339 e. The van der Waals surface area contributed by atoms with Crippen molar-refractivity contribution in [2.75, 3.05) is 0 Å². The molecule has 0 unspecified atom stereocenters. The minimum Gasteiger partial charge on any atom is -0.507 e. The minimum absolute atomic E-state index is 0. The Balaban J connectivity index is 0.000001000. The Bertz CT molecular complexity index is 260. The van der Waals surface area contributed by atoms with Crippen LogP contribution >= 0.6 is 0 Å². The molecule has 0 saturated carbocycles. The van der Waals surface area contributed by atoms with Gasteiger partial charge in [-0.3, -0.25) is 0 Å². The molecule has 0 saturated heterocycles. The third-order valence-corrected chi connectivity index (χ3v) is 1.13. The van der Waals surface area contributed by atoms with Crippen molar-refractivity contribution in [2.45, 2.75) is 0 Å². The van der Waals surface area contributed by atoms with Gasteiger partial charge < -0.3 is 10.2 Å². The van der Waals surface area contributed by atoms with E-state index < -0.39 is 5.97 Å². The van der Waals surface area contributed by atoms with Crippen LogP contribution in [-0.2, 0) is 16.8 Å². The third-order valence-electron chi connectivity index (χ3n) is 1.13. The van der Waals surface area contributed by atoms with Crippen molar-refractivity contribution >= 4 is 5.97 Å². The summed E-state index contributed by atoms with van der Waals surface area (Å²) in [4.78, 5) is 10.3. The van der Waals surface area contributed by atoms with Gasteiger partial charge >= 0.3 is 5.97 Å². The fraction of sp³-hybridized carbons (Fsp3) is 0. The molecule has 4 heteroatoms. The van der Waals surface area contributed by atoms with E-state index in [1.165, 1.54) is 12.1 Å². The van der Waals surface area contributed by atoms with Crippen molar-refractivity contribution in [2.24, 2.45) is 0 Å². The van der Waals surface area contributed by atoms with Crippen LogP contribution in [0.1, 0.15) is 10.4 Å². The Hall–Kier alpha value is -1.00. The molecule has 1 aromatic carbocycles. The number of hydrogen-bond donors (Lipinski definition) is 2. The molecule has 0 amide bonds. The molecule has 2 N–H and O–H groups in total. The summed E-state index contributed by atoms with van der Waals surface area (Å²) >= 11 is 0. The number of benzene rings is 1. The van der Waals surface area contributed by atoms with Crippen LogP contribution in [0.25, 0.3) is 0 Å². The van der Waals surface area contributed by atoms with Crippen LogP contribution in [0.3, 0.4) is 0 Å². The van der Waals surface area contributed by atoms with Gasteiger partial charge in [-0.2, -0.15) is 0 Å². The van der Waals surface area contributed by atoms with Crippen LogP contribution in [0.4, 0.5) is 0 Å². The maximum absolute atomic E-state index is 10.3. The van der Waals surface area contributed by atoms with Crippen molar-refractivity contribution in [1.29, 1.82) is 0 Å². The number of carbonyl (C=O) groups is 1. The third kappa shape index (κ3) is 2.25. The van der Waals surface area contributed by atoms with Gasteiger partial charge in [-0.15, -0.1) is 0 Å². The molecule has 0 aromatic heterocycles. The first kappa shape index (κ1) is 10.00. The van der Waals surface area contributed by atoms with Crippen LogP contribution in [0.5, 0.6) is 5.75 Å². The van der Waals surface area contributed by atoms with E-state index in [-0.39, 0.29) is 28.1 Å². The van der Waals surface area contributed by atoms with Gasteiger partial charge in [-0.25, -0.2) is 4.79 Å². The number of phenols is 1. The molecule has 0 heterocycles. The first-order valence-corrected chi connectivity index (χ1v) is 2.73. The second kappa shape index (κ2) is 4.00. The van der Waals surface area contributed by atoms with Crippen LogP contribution in [0.15, 0.2) is 24.3 Å². The number of rotatable bonds is 1. The molecule has 0 spiro atoms. The van der Waals surface area contributed by atoms with Crippen LogP contribution in [0.2, 0.25) is 0 Å². The summed E-state index contributed by atoms with van der Waals surface area (Å²) < 4.78 is 0. The zero-order valence-corrected chi connectivity index (χ0v) is 6.49. The molecule has 0 bridgehead atoms. The van der Waals surface area contributed by atoms with Crippen molar-refractivity contribution in [3.8, 4) is 5.75 Å². The topological polar surface area (TPSA) is 57.5 Å². The van der Waals surface area contributed by atoms with E-state index in [1.807, 2.05) is 0 Å². The Kier molecular flexibility index (Phi) is 3.63. The van der Waals surface area contributed by atoms with Crippen molar-refractivity contribution in [3.05, 3.63) is 29.8 Å². The van der Waals surface area contributed by atoms with E-state index in [1.54, 1.807) is 12.1 Å². The summed E-state index contributed by atoms with van der Waals surface area (Å²) in [6.45, 7) is 0. The molecule has 0 aliphatic carbocycles. The van der Waals surface area contributed by atoms with E-state index >= 15 is 0 Å². The summed E-state index contributed by atoms with van der Waals surface area (Å²) in [7, 11) is 0. The molecule has 0 atom stereocenters.